The van der Waals surface area contributed by atoms with E-state index < -0.39 is 0 Å². The van der Waals surface area contributed by atoms with Gasteiger partial charge in [-0.1, -0.05) is 11.9 Å². The molecule has 0 saturated carbocycles. The van der Waals surface area contributed by atoms with Crippen LogP contribution in [0.2, 0.25) is 0 Å². The summed E-state index contributed by atoms with van der Waals surface area (Å²) in [4.78, 5) is 0. The summed E-state index contributed by atoms with van der Waals surface area (Å²) in [5.74, 6) is 0. The maximum absolute atomic E-state index is 8.29. The minimum atomic E-state index is 0.122. The standard InChI is InChI=1S/C6H7N3S/c1-9(10-2)5-6(3-7)4-8/h5H,1-2H3. The van der Waals surface area contributed by atoms with Crippen molar-refractivity contribution < 1.29 is 0 Å². The molecule has 0 aliphatic heterocycles. The van der Waals surface area contributed by atoms with Crippen molar-refractivity contribution in [3.8, 4) is 12.1 Å². The van der Waals surface area contributed by atoms with Crippen molar-refractivity contribution in [1.82, 2.24) is 4.31 Å². The topological polar surface area (TPSA) is 50.8 Å². The largest absolute Gasteiger partial charge is 0.324 e. The lowest BCUT2D eigenvalue weighted by molar-refractivity contribution is 0.774. The van der Waals surface area contributed by atoms with Gasteiger partial charge in [0.2, 0.25) is 0 Å². The monoisotopic (exact) mass is 153 g/mol. The predicted molar refractivity (Wildman–Crippen MR) is 40.6 cm³/mol. The fourth-order valence-electron chi connectivity index (χ4n) is 0.317. The van der Waals surface area contributed by atoms with Gasteiger partial charge in [-0.2, -0.15) is 10.5 Å². The van der Waals surface area contributed by atoms with Crippen LogP contribution in [0.3, 0.4) is 0 Å². The van der Waals surface area contributed by atoms with Crippen molar-refractivity contribution in [3.05, 3.63) is 11.8 Å². The number of nitriles is 2. The SMILES string of the molecule is CSN(C)C=C(C#N)C#N. The number of hydrogen-bond donors (Lipinski definition) is 0. The molecule has 0 atom stereocenters. The molecule has 0 N–H and O–H groups in total. The van der Waals surface area contributed by atoms with E-state index in [1.165, 1.54) is 18.1 Å². The van der Waals surface area contributed by atoms with E-state index in [0.717, 1.165) is 0 Å². The van der Waals surface area contributed by atoms with Crippen molar-refractivity contribution in [2.45, 2.75) is 0 Å². The van der Waals surface area contributed by atoms with Crippen molar-refractivity contribution in [1.29, 1.82) is 10.5 Å². The van der Waals surface area contributed by atoms with E-state index in [2.05, 4.69) is 0 Å². The molecule has 0 rings (SSSR count). The lowest BCUT2D eigenvalue weighted by Gasteiger charge is -2.06. The van der Waals surface area contributed by atoms with Crippen LogP contribution in [0.4, 0.5) is 0 Å². The van der Waals surface area contributed by atoms with Crippen LogP contribution in [-0.4, -0.2) is 17.6 Å². The van der Waals surface area contributed by atoms with Crippen LogP contribution in [-0.2, 0) is 0 Å². The molecule has 0 aromatic rings. The molecule has 0 fully saturated rings. The zero-order valence-corrected chi connectivity index (χ0v) is 6.64. The lowest BCUT2D eigenvalue weighted by Crippen LogP contribution is -1.98. The molecule has 0 aliphatic rings. The number of allylic oxidation sites excluding steroid dienone is 1. The van der Waals surface area contributed by atoms with Gasteiger partial charge in [-0.25, -0.2) is 0 Å². The second-order valence-corrected chi connectivity index (χ2v) is 2.44. The van der Waals surface area contributed by atoms with E-state index in [4.69, 9.17) is 10.5 Å². The Morgan fingerprint density at radius 2 is 2.00 bits per heavy atom. The van der Waals surface area contributed by atoms with Gasteiger partial charge in [-0.05, 0) is 0 Å². The van der Waals surface area contributed by atoms with Gasteiger partial charge in [0.05, 0.1) is 0 Å². The summed E-state index contributed by atoms with van der Waals surface area (Å²) in [7, 11) is 1.78. The van der Waals surface area contributed by atoms with Crippen molar-refractivity contribution in [3.63, 3.8) is 0 Å². The normalized spacial score (nSPS) is 7.20. The molecule has 0 aromatic heterocycles. The van der Waals surface area contributed by atoms with Crippen molar-refractivity contribution >= 4 is 11.9 Å². The average molecular weight is 153 g/mol. The van der Waals surface area contributed by atoms with Crippen LogP contribution in [0.15, 0.2) is 11.8 Å². The smallest absolute Gasteiger partial charge is 0.146 e. The first-order chi connectivity index (χ1) is 4.74. The second kappa shape index (κ2) is 4.72. The summed E-state index contributed by atoms with van der Waals surface area (Å²) in [5.41, 5.74) is 0.122. The van der Waals surface area contributed by atoms with Crippen molar-refractivity contribution in [2.24, 2.45) is 0 Å². The van der Waals surface area contributed by atoms with Crippen LogP contribution in [0.5, 0.6) is 0 Å². The van der Waals surface area contributed by atoms with Crippen LogP contribution >= 0.6 is 11.9 Å². The molecule has 0 aliphatic carbocycles. The molecule has 0 radical (unpaired) electrons. The molecule has 4 heteroatoms. The highest BCUT2D eigenvalue weighted by atomic mass is 32.2. The van der Waals surface area contributed by atoms with Gasteiger partial charge in [0.1, 0.15) is 17.7 Å². The van der Waals surface area contributed by atoms with Gasteiger partial charge in [0, 0.05) is 19.5 Å². The molecular formula is C6H7N3S. The average Bonchev–Trinajstić information content (AvgIpc) is 1.99. The molecule has 52 valence electrons. The Morgan fingerprint density at radius 1 is 1.50 bits per heavy atom. The Morgan fingerprint density at radius 3 is 2.30 bits per heavy atom. The highest BCUT2D eigenvalue weighted by Gasteiger charge is 1.92. The molecular weight excluding hydrogens is 146 g/mol. The molecule has 0 bridgehead atoms. The molecule has 0 spiro atoms. The summed E-state index contributed by atoms with van der Waals surface area (Å²) < 4.78 is 1.70. The molecule has 10 heavy (non-hydrogen) atoms. The van der Waals surface area contributed by atoms with E-state index in [-0.39, 0.29) is 5.57 Å². The minimum Gasteiger partial charge on any atom is -0.324 e. The number of nitrogens with zero attached hydrogens (tertiary/aromatic N) is 3. The molecule has 0 saturated heterocycles. The fraction of sp³-hybridized carbons (Fsp3) is 0.333. The minimum absolute atomic E-state index is 0.122. The Bertz CT molecular complexity index is 192. The number of hydrogen-bond acceptors (Lipinski definition) is 4. The molecule has 0 heterocycles. The van der Waals surface area contributed by atoms with Crippen molar-refractivity contribution in [2.75, 3.05) is 13.3 Å². The van der Waals surface area contributed by atoms with Gasteiger partial charge >= 0.3 is 0 Å². The van der Waals surface area contributed by atoms with Gasteiger partial charge in [0.15, 0.2) is 0 Å². The molecule has 0 unspecified atom stereocenters. The highest BCUT2D eigenvalue weighted by molar-refractivity contribution is 7.96. The molecule has 0 amide bonds. The highest BCUT2D eigenvalue weighted by Crippen LogP contribution is 2.03. The first-order valence-electron chi connectivity index (χ1n) is 2.53. The van der Waals surface area contributed by atoms with E-state index in [1.54, 1.807) is 23.5 Å². The number of rotatable bonds is 2. The molecule has 0 aromatic carbocycles. The van der Waals surface area contributed by atoms with E-state index >= 15 is 0 Å². The molecule has 3 nitrogen and oxygen atoms in total. The van der Waals surface area contributed by atoms with Crippen LogP contribution in [0, 0.1) is 22.7 Å². The summed E-state index contributed by atoms with van der Waals surface area (Å²) in [6, 6.07) is 3.52. The predicted octanol–water partition coefficient (Wildman–Crippen LogP) is 1.13. The van der Waals surface area contributed by atoms with Gasteiger partial charge in [0.25, 0.3) is 0 Å². The van der Waals surface area contributed by atoms with Gasteiger partial charge in [-0.3, -0.25) is 0 Å². The zero-order valence-electron chi connectivity index (χ0n) is 5.83. The van der Waals surface area contributed by atoms with Gasteiger partial charge < -0.3 is 4.31 Å². The third-order valence-corrected chi connectivity index (χ3v) is 1.52. The van der Waals surface area contributed by atoms with E-state index in [9.17, 15) is 0 Å². The third-order valence-electron chi connectivity index (χ3n) is 0.840. The van der Waals surface area contributed by atoms with E-state index in [1.807, 2.05) is 6.26 Å². The maximum Gasteiger partial charge on any atom is 0.146 e. The zero-order chi connectivity index (χ0) is 7.98. The first-order valence-corrected chi connectivity index (χ1v) is 3.71. The fourth-order valence-corrected chi connectivity index (χ4v) is 0.528. The van der Waals surface area contributed by atoms with Crippen LogP contribution in [0.1, 0.15) is 0 Å². The Kier molecular flexibility index (Phi) is 4.19. The maximum atomic E-state index is 8.29. The summed E-state index contributed by atoms with van der Waals surface area (Å²) >= 11 is 1.44. The van der Waals surface area contributed by atoms with Gasteiger partial charge in [-0.15, -0.1) is 0 Å². The summed E-state index contributed by atoms with van der Waals surface area (Å²) in [5, 5.41) is 16.6. The Labute approximate surface area is 64.7 Å². The second-order valence-electron chi connectivity index (χ2n) is 1.50. The Hall–Kier alpha value is -1.13. The Balaban J connectivity index is 4.18. The lowest BCUT2D eigenvalue weighted by atomic mass is 10.4. The van der Waals surface area contributed by atoms with Crippen LogP contribution in [0.25, 0.3) is 0 Å². The van der Waals surface area contributed by atoms with E-state index in [0.29, 0.717) is 0 Å². The van der Waals surface area contributed by atoms with Crippen LogP contribution < -0.4 is 0 Å². The quantitative estimate of drug-likeness (QED) is 0.440. The summed E-state index contributed by atoms with van der Waals surface area (Å²) in [6.45, 7) is 0. The first kappa shape index (κ1) is 8.87. The summed E-state index contributed by atoms with van der Waals surface area (Å²) in [6.07, 6.45) is 3.35. The third kappa shape index (κ3) is 3.01.